The van der Waals surface area contributed by atoms with Crippen LogP contribution in [0.5, 0.6) is 0 Å². The van der Waals surface area contributed by atoms with E-state index in [1.807, 2.05) is 6.07 Å². The molecule has 21 heavy (non-hydrogen) atoms. The minimum Gasteiger partial charge on any atom is -0.382 e. The highest BCUT2D eigenvalue weighted by atomic mass is 32.1. The number of piperidine rings is 1. The molecule has 0 aliphatic carbocycles. The van der Waals surface area contributed by atoms with Crippen molar-refractivity contribution in [3.05, 3.63) is 17.6 Å². The summed E-state index contributed by atoms with van der Waals surface area (Å²) in [6.07, 6.45) is 2.18. The third-order valence-corrected chi connectivity index (χ3v) is 4.69. The zero-order chi connectivity index (χ0) is 15.0. The molecule has 0 atom stereocenters. The Bertz CT molecular complexity index is 603. The normalized spacial score (nSPS) is 17.4. The van der Waals surface area contributed by atoms with E-state index in [9.17, 15) is 0 Å². The summed E-state index contributed by atoms with van der Waals surface area (Å²) < 4.78 is 4.50. The molecule has 114 valence electrons. The summed E-state index contributed by atoms with van der Waals surface area (Å²) in [5, 5.41) is 8.10. The standard InChI is InChI=1S/C14H22N6S/c1-14(2,3)12-16-13(21-19-12)20-6-4-9(5-7-20)10-8-11(15)18-17-10/h8-9H,4-7H2,1-3H3,(H3,15,17,18). The van der Waals surface area contributed by atoms with Gasteiger partial charge in [-0.2, -0.15) is 9.47 Å². The molecule has 1 saturated heterocycles. The Labute approximate surface area is 128 Å². The van der Waals surface area contributed by atoms with Crippen LogP contribution >= 0.6 is 11.5 Å². The van der Waals surface area contributed by atoms with Gasteiger partial charge in [0, 0.05) is 47.7 Å². The van der Waals surface area contributed by atoms with Crippen molar-refractivity contribution in [2.45, 2.75) is 44.9 Å². The topological polar surface area (TPSA) is 83.7 Å². The zero-order valence-electron chi connectivity index (χ0n) is 12.8. The average Bonchev–Trinajstić information content (AvgIpc) is 3.07. The maximum absolute atomic E-state index is 5.68. The lowest BCUT2D eigenvalue weighted by Gasteiger charge is -2.30. The van der Waals surface area contributed by atoms with Crippen LogP contribution in [-0.2, 0) is 5.41 Å². The number of nitrogen functional groups attached to an aromatic ring is 1. The molecule has 1 aliphatic heterocycles. The third kappa shape index (κ3) is 3.02. The molecule has 3 rings (SSSR count). The van der Waals surface area contributed by atoms with Crippen molar-refractivity contribution in [2.75, 3.05) is 23.7 Å². The first-order valence-corrected chi connectivity index (χ1v) is 8.11. The van der Waals surface area contributed by atoms with Gasteiger partial charge >= 0.3 is 0 Å². The summed E-state index contributed by atoms with van der Waals surface area (Å²) in [6.45, 7) is 8.44. The van der Waals surface area contributed by atoms with Crippen LogP contribution in [0.4, 0.5) is 10.9 Å². The summed E-state index contributed by atoms with van der Waals surface area (Å²) in [5.74, 6) is 2.03. The largest absolute Gasteiger partial charge is 0.382 e. The molecule has 0 unspecified atom stereocenters. The van der Waals surface area contributed by atoms with Gasteiger partial charge < -0.3 is 10.6 Å². The van der Waals surface area contributed by atoms with Crippen molar-refractivity contribution < 1.29 is 0 Å². The lowest BCUT2D eigenvalue weighted by molar-refractivity contribution is 0.493. The second-order valence-electron chi connectivity index (χ2n) is 6.66. The van der Waals surface area contributed by atoms with Gasteiger partial charge in [0.15, 0.2) is 0 Å². The number of hydrogen-bond donors (Lipinski definition) is 2. The van der Waals surface area contributed by atoms with E-state index in [0.29, 0.717) is 11.7 Å². The number of aromatic nitrogens is 4. The van der Waals surface area contributed by atoms with Crippen LogP contribution in [0.25, 0.3) is 0 Å². The number of H-pyrrole nitrogens is 1. The lowest BCUT2D eigenvalue weighted by atomic mass is 9.94. The Morgan fingerprint density at radius 1 is 1.33 bits per heavy atom. The van der Waals surface area contributed by atoms with E-state index in [1.54, 1.807) is 0 Å². The molecule has 6 nitrogen and oxygen atoms in total. The van der Waals surface area contributed by atoms with Crippen molar-refractivity contribution in [2.24, 2.45) is 0 Å². The quantitative estimate of drug-likeness (QED) is 0.890. The molecule has 7 heteroatoms. The molecule has 2 aromatic heterocycles. The van der Waals surface area contributed by atoms with Crippen molar-refractivity contribution in [3.8, 4) is 0 Å². The molecule has 2 aromatic rings. The van der Waals surface area contributed by atoms with Crippen molar-refractivity contribution in [1.82, 2.24) is 19.6 Å². The molecule has 0 spiro atoms. The zero-order valence-corrected chi connectivity index (χ0v) is 13.6. The Balaban J connectivity index is 1.64. The van der Waals surface area contributed by atoms with Crippen LogP contribution in [0.2, 0.25) is 0 Å². The van der Waals surface area contributed by atoms with Crippen LogP contribution in [0.15, 0.2) is 6.07 Å². The first kappa shape index (κ1) is 14.3. The van der Waals surface area contributed by atoms with Crippen LogP contribution in [0.1, 0.15) is 51.0 Å². The van der Waals surface area contributed by atoms with Gasteiger partial charge in [-0.15, -0.1) is 0 Å². The van der Waals surface area contributed by atoms with E-state index in [2.05, 4.69) is 40.2 Å². The third-order valence-electron chi connectivity index (χ3n) is 3.91. The van der Waals surface area contributed by atoms with Gasteiger partial charge in [0.1, 0.15) is 11.6 Å². The number of hydrogen-bond acceptors (Lipinski definition) is 6. The van der Waals surface area contributed by atoms with Gasteiger partial charge in [-0.1, -0.05) is 20.8 Å². The summed E-state index contributed by atoms with van der Waals surface area (Å²) in [7, 11) is 0. The van der Waals surface area contributed by atoms with Gasteiger partial charge in [-0.25, -0.2) is 4.98 Å². The van der Waals surface area contributed by atoms with E-state index in [0.717, 1.165) is 42.6 Å². The highest BCUT2D eigenvalue weighted by molar-refractivity contribution is 7.09. The fourth-order valence-corrected chi connectivity index (χ4v) is 3.50. The van der Waals surface area contributed by atoms with Gasteiger partial charge in [-0.3, -0.25) is 5.10 Å². The van der Waals surface area contributed by atoms with Crippen LogP contribution in [0.3, 0.4) is 0 Å². The molecule has 3 N–H and O–H groups in total. The van der Waals surface area contributed by atoms with Crippen LogP contribution < -0.4 is 10.6 Å². The molecule has 0 amide bonds. The molecule has 1 aliphatic rings. The lowest BCUT2D eigenvalue weighted by Crippen LogP contribution is -2.33. The number of nitrogens with one attached hydrogen (secondary N) is 1. The van der Waals surface area contributed by atoms with E-state index in [4.69, 9.17) is 10.7 Å². The van der Waals surface area contributed by atoms with E-state index < -0.39 is 0 Å². The number of aromatic amines is 1. The fraction of sp³-hybridized carbons (Fsp3) is 0.643. The van der Waals surface area contributed by atoms with Gasteiger partial charge in [-0.05, 0) is 12.8 Å². The Kier molecular flexibility index (Phi) is 3.61. The molecule has 0 aromatic carbocycles. The van der Waals surface area contributed by atoms with E-state index in [-0.39, 0.29) is 5.41 Å². The van der Waals surface area contributed by atoms with Gasteiger partial charge in [0.2, 0.25) is 5.13 Å². The SMILES string of the molecule is CC(C)(C)c1nsc(N2CCC(c3cc(N)n[nH]3)CC2)n1. The summed E-state index contributed by atoms with van der Waals surface area (Å²) in [6, 6.07) is 1.95. The van der Waals surface area contributed by atoms with Crippen molar-refractivity contribution in [1.29, 1.82) is 0 Å². The predicted molar refractivity (Wildman–Crippen MR) is 85.8 cm³/mol. The Hall–Kier alpha value is -1.63. The second kappa shape index (κ2) is 5.29. The maximum Gasteiger partial charge on any atom is 0.205 e. The molecule has 0 saturated carbocycles. The predicted octanol–water partition coefficient (Wildman–Crippen LogP) is 2.52. The average molecular weight is 306 g/mol. The van der Waals surface area contributed by atoms with Crippen molar-refractivity contribution >= 4 is 22.5 Å². The number of anilines is 2. The molecule has 1 fully saturated rings. The summed E-state index contributed by atoms with van der Waals surface area (Å²) in [5.41, 5.74) is 6.84. The minimum absolute atomic E-state index is 0.0144. The maximum atomic E-state index is 5.68. The molecule has 0 bridgehead atoms. The first-order valence-electron chi connectivity index (χ1n) is 7.33. The monoisotopic (exact) mass is 306 g/mol. The van der Waals surface area contributed by atoms with Gasteiger partial charge in [0.05, 0.1) is 0 Å². The highest BCUT2D eigenvalue weighted by Gasteiger charge is 2.26. The Morgan fingerprint density at radius 2 is 2.05 bits per heavy atom. The fourth-order valence-electron chi connectivity index (χ4n) is 2.59. The molecular formula is C14H22N6S. The smallest absolute Gasteiger partial charge is 0.205 e. The number of nitrogens with two attached hydrogens (primary N) is 1. The number of rotatable bonds is 2. The van der Waals surface area contributed by atoms with Gasteiger partial charge in [0.25, 0.3) is 0 Å². The molecule has 0 radical (unpaired) electrons. The highest BCUT2D eigenvalue weighted by Crippen LogP contribution is 2.32. The van der Waals surface area contributed by atoms with Crippen LogP contribution in [0, 0.1) is 0 Å². The first-order chi connectivity index (χ1) is 9.93. The van der Waals surface area contributed by atoms with Crippen molar-refractivity contribution in [3.63, 3.8) is 0 Å². The van der Waals surface area contributed by atoms with E-state index >= 15 is 0 Å². The molecular weight excluding hydrogens is 284 g/mol. The number of nitrogens with zero attached hydrogens (tertiary/aromatic N) is 4. The second-order valence-corrected chi connectivity index (χ2v) is 7.39. The minimum atomic E-state index is 0.0144. The Morgan fingerprint density at radius 3 is 2.57 bits per heavy atom. The summed E-state index contributed by atoms with van der Waals surface area (Å²) >= 11 is 1.51. The summed E-state index contributed by atoms with van der Waals surface area (Å²) in [4.78, 5) is 7.04. The van der Waals surface area contributed by atoms with E-state index in [1.165, 1.54) is 11.5 Å². The van der Waals surface area contributed by atoms with Crippen LogP contribution in [-0.4, -0.2) is 32.6 Å². The molecule has 3 heterocycles.